The number of benzene rings is 7. The highest BCUT2D eigenvalue weighted by Crippen LogP contribution is 2.66. The van der Waals surface area contributed by atoms with Crippen LogP contribution in [0.25, 0.3) is 0 Å². The van der Waals surface area contributed by atoms with E-state index in [-0.39, 0.29) is 56.6 Å². The van der Waals surface area contributed by atoms with Crippen molar-refractivity contribution in [3.8, 4) is 29.1 Å². The maximum atomic E-state index is 17.0. The van der Waals surface area contributed by atoms with Crippen molar-refractivity contribution in [3.63, 3.8) is 0 Å². The third-order valence-electron chi connectivity index (χ3n) is 16.4. The topological polar surface area (TPSA) is 194 Å². The lowest BCUT2D eigenvalue weighted by Crippen LogP contribution is -2.59. The highest BCUT2D eigenvalue weighted by atomic mass is 16.7. The number of cyclic esters (lactones) is 1. The number of imide groups is 1. The largest absolute Gasteiger partial charge is 0.491 e. The number of rotatable bonds is 15. The minimum atomic E-state index is -2.10. The van der Waals surface area contributed by atoms with Crippen molar-refractivity contribution in [1.82, 2.24) is 19.6 Å². The number of hydrogen-bond donors (Lipinski definition) is 1. The molecule has 6 atom stereocenters. The van der Waals surface area contributed by atoms with Crippen LogP contribution >= 0.6 is 0 Å². The van der Waals surface area contributed by atoms with Crippen LogP contribution in [0, 0.1) is 27.9 Å². The number of hydrogen-bond acceptors (Lipinski definition) is 15. The smallest absolute Gasteiger partial charge is 0.421 e. The Labute approximate surface area is 485 Å². The minimum Gasteiger partial charge on any atom is -0.491 e. The van der Waals surface area contributed by atoms with Crippen molar-refractivity contribution in [3.05, 3.63) is 231 Å². The van der Waals surface area contributed by atoms with Gasteiger partial charge in [0.15, 0.2) is 11.5 Å². The Hall–Kier alpha value is -9.38. The maximum Gasteiger partial charge on any atom is 0.421 e. The predicted molar refractivity (Wildman–Crippen MR) is 308 cm³/mol. The monoisotopic (exact) mass is 1130 g/mol. The number of aliphatic hydroxyl groups excluding tert-OH is 1. The highest BCUT2D eigenvalue weighted by molar-refractivity contribution is 6.23. The molecule has 7 aromatic carbocycles. The second kappa shape index (κ2) is 23.8. The number of amides is 3. The third-order valence-corrected chi connectivity index (χ3v) is 16.4. The molecule has 1 N–H and O–H groups in total. The van der Waals surface area contributed by atoms with Gasteiger partial charge in [0.1, 0.15) is 36.5 Å². The molecule has 5 aliphatic heterocycles. The van der Waals surface area contributed by atoms with Crippen molar-refractivity contribution in [2.75, 3.05) is 64.7 Å². The number of nitro benzene ring substituents is 1. The van der Waals surface area contributed by atoms with Gasteiger partial charge in [0.25, 0.3) is 5.69 Å². The molecule has 3 amide bonds. The third kappa shape index (κ3) is 10.6. The molecule has 1 spiro atoms. The quantitative estimate of drug-likeness (QED) is 0.0444. The molecule has 18 nitrogen and oxygen atoms in total. The molecule has 426 valence electrons. The average molecular weight is 1130 g/mol. The van der Waals surface area contributed by atoms with Gasteiger partial charge in [-0.15, -0.1) is 0 Å². The van der Waals surface area contributed by atoms with Gasteiger partial charge in [0, 0.05) is 57.0 Å². The van der Waals surface area contributed by atoms with Crippen molar-refractivity contribution in [1.29, 1.82) is 0 Å². The number of nitro groups is 1. The fourth-order valence-electron chi connectivity index (χ4n) is 12.6. The SMILES string of the molecule is CN(CC#Cc1ccc2c(c1)C1(C(=O)N2C(=O)OCc2ccc([N+](=O)[O-])cc2)C(C(=O)N2CCN(Cc3ccc4c(c3)OCO4)CC2)C2C(=O)OC(c3ccccc3)C(c3ccccc3)N2C1c1ccc(OCCO)cc1)Cc1ccccc1. The van der Waals surface area contributed by atoms with Gasteiger partial charge in [0.05, 0.1) is 41.8 Å². The molecule has 18 heteroatoms. The maximum absolute atomic E-state index is 17.0. The molecule has 0 aromatic heterocycles. The summed E-state index contributed by atoms with van der Waals surface area (Å²) in [5.74, 6) is 4.85. The first-order valence-electron chi connectivity index (χ1n) is 27.9. The Bertz CT molecular complexity index is 3650. The lowest BCUT2D eigenvalue weighted by molar-refractivity contribution is -0.384. The second-order valence-corrected chi connectivity index (χ2v) is 21.5. The summed E-state index contributed by atoms with van der Waals surface area (Å²) in [7, 11) is 1.97. The summed E-state index contributed by atoms with van der Waals surface area (Å²) >= 11 is 0. The first-order chi connectivity index (χ1) is 41.0. The number of aliphatic hydroxyl groups is 1. The van der Waals surface area contributed by atoms with Crippen LogP contribution in [0.1, 0.15) is 62.7 Å². The zero-order valence-electron chi connectivity index (χ0n) is 46.0. The molecule has 0 radical (unpaired) electrons. The molecule has 7 aromatic rings. The molecule has 6 unspecified atom stereocenters. The average Bonchev–Trinajstić information content (AvgIpc) is 1.52. The van der Waals surface area contributed by atoms with Crippen molar-refractivity contribution in [2.45, 2.75) is 49.3 Å². The van der Waals surface area contributed by atoms with E-state index < -0.39 is 64.4 Å². The van der Waals surface area contributed by atoms with Crippen LogP contribution in [0.2, 0.25) is 0 Å². The molecule has 3 fully saturated rings. The summed E-state index contributed by atoms with van der Waals surface area (Å²) in [5.41, 5.74) is 3.10. The predicted octanol–water partition coefficient (Wildman–Crippen LogP) is 8.52. The number of anilines is 1. The van der Waals surface area contributed by atoms with Gasteiger partial charge >= 0.3 is 12.1 Å². The summed E-state index contributed by atoms with van der Waals surface area (Å²) in [6, 6.07) is 49.0. The van der Waals surface area contributed by atoms with Crippen LogP contribution in [-0.4, -0.2) is 119 Å². The van der Waals surface area contributed by atoms with Gasteiger partial charge < -0.3 is 33.7 Å². The molecule has 5 heterocycles. The van der Waals surface area contributed by atoms with Crippen LogP contribution in [0.4, 0.5) is 16.2 Å². The fourth-order valence-corrected chi connectivity index (χ4v) is 12.6. The van der Waals surface area contributed by atoms with Crippen LogP contribution in [0.15, 0.2) is 176 Å². The van der Waals surface area contributed by atoms with E-state index in [0.717, 1.165) is 21.6 Å². The number of carbonyl (C=O) groups excluding carboxylic acids is 4. The van der Waals surface area contributed by atoms with E-state index in [4.69, 9.17) is 23.7 Å². The molecule has 3 saturated heterocycles. The van der Waals surface area contributed by atoms with E-state index in [1.54, 1.807) is 47.4 Å². The molecule has 84 heavy (non-hydrogen) atoms. The Morgan fingerprint density at radius 1 is 0.750 bits per heavy atom. The first kappa shape index (κ1) is 55.2. The number of non-ortho nitro benzene ring substituents is 1. The Balaban J connectivity index is 1.03. The number of esters is 1. The van der Waals surface area contributed by atoms with Crippen molar-refractivity contribution >= 4 is 35.3 Å². The van der Waals surface area contributed by atoms with Gasteiger partial charge in [-0.2, -0.15) is 0 Å². The first-order valence-corrected chi connectivity index (χ1v) is 27.9. The lowest BCUT2D eigenvalue weighted by atomic mass is 9.65. The van der Waals surface area contributed by atoms with Gasteiger partial charge in [-0.25, -0.2) is 9.69 Å². The zero-order chi connectivity index (χ0) is 57.9. The van der Waals surface area contributed by atoms with E-state index in [2.05, 4.69) is 21.6 Å². The van der Waals surface area contributed by atoms with Crippen molar-refractivity contribution in [2.24, 2.45) is 5.92 Å². The minimum absolute atomic E-state index is 0.0107. The van der Waals surface area contributed by atoms with Gasteiger partial charge in [0.2, 0.25) is 18.6 Å². The number of ether oxygens (including phenoxy) is 5. The van der Waals surface area contributed by atoms with E-state index in [1.807, 2.05) is 121 Å². The Morgan fingerprint density at radius 2 is 1.43 bits per heavy atom. The molecule has 12 rings (SSSR count). The van der Waals surface area contributed by atoms with Gasteiger partial charge in [-0.05, 0) is 101 Å². The number of piperazine rings is 1. The fraction of sp³-hybridized carbons (Fsp3) is 0.273. The van der Waals surface area contributed by atoms with Crippen LogP contribution in [0.3, 0.4) is 0 Å². The van der Waals surface area contributed by atoms with E-state index >= 15 is 19.2 Å². The molecular weight excluding hydrogens is 1070 g/mol. The summed E-state index contributed by atoms with van der Waals surface area (Å²) in [6.07, 6.45) is -2.02. The number of morpholine rings is 1. The second-order valence-electron chi connectivity index (χ2n) is 21.5. The zero-order valence-corrected chi connectivity index (χ0v) is 46.0. The van der Waals surface area contributed by atoms with E-state index in [9.17, 15) is 15.2 Å². The summed E-state index contributed by atoms with van der Waals surface area (Å²) in [4.78, 5) is 84.7. The van der Waals surface area contributed by atoms with Crippen LogP contribution in [0.5, 0.6) is 17.2 Å². The standard InChI is InChI=1S/C66H60N6O12/c1-67(40-45-12-5-2-6-13-45)31-11-14-44-21-29-54-53(38-44)66(64(76)70(54)65(77)81-42-46-19-25-51(26-20-46)72(78)79)57(62(74)69-34-32-68(33-35-69)41-47-22-30-55-56(39-47)83-43-82-55)59-63(75)84-60(49-17-9-4-10-18-49)58(48-15-7-3-8-16-48)71(59)61(66)50-23-27-52(28-24-50)80-37-36-73/h2-10,12-13,15-30,38-39,57-61,73H,31-37,40-43H2,1H3. The lowest BCUT2D eigenvalue weighted by Gasteiger charge is -2.46. The van der Waals surface area contributed by atoms with Crippen molar-refractivity contribution < 1.29 is 52.9 Å². The van der Waals surface area contributed by atoms with Crippen LogP contribution in [-0.2, 0) is 49.0 Å². The summed E-state index contributed by atoms with van der Waals surface area (Å²) in [5, 5.41) is 21.3. The Morgan fingerprint density at radius 3 is 2.13 bits per heavy atom. The molecule has 0 saturated carbocycles. The highest BCUT2D eigenvalue weighted by Gasteiger charge is 2.76. The molecule has 5 aliphatic rings. The molecular formula is C66H60N6O12. The summed E-state index contributed by atoms with van der Waals surface area (Å²) in [6.45, 7) is 2.48. The molecule has 0 aliphatic carbocycles. The number of nitrogens with zero attached hydrogens (tertiary/aromatic N) is 6. The van der Waals surface area contributed by atoms with Crippen LogP contribution < -0.4 is 19.1 Å². The van der Waals surface area contributed by atoms with Gasteiger partial charge in [-0.1, -0.05) is 121 Å². The normalized spacial score (nSPS) is 21.6. The number of carbonyl (C=O) groups is 4. The van der Waals surface area contributed by atoms with E-state index in [0.29, 0.717) is 72.2 Å². The van der Waals surface area contributed by atoms with E-state index in [1.165, 1.54) is 24.3 Å². The Kier molecular flexibility index (Phi) is 15.7. The molecule has 0 bridgehead atoms. The summed E-state index contributed by atoms with van der Waals surface area (Å²) < 4.78 is 29.9. The number of fused-ring (bicyclic) bond motifs is 4. The van der Waals surface area contributed by atoms with Gasteiger partial charge in [-0.3, -0.25) is 39.2 Å².